The van der Waals surface area contributed by atoms with Gasteiger partial charge in [0.05, 0.1) is 12.1 Å². The van der Waals surface area contributed by atoms with Crippen molar-refractivity contribution >= 4 is 23.2 Å². The molecule has 1 amide bonds. The topological polar surface area (TPSA) is 50.4 Å². The molecule has 1 saturated heterocycles. The molecule has 2 aromatic rings. The van der Waals surface area contributed by atoms with Crippen LogP contribution in [0.1, 0.15) is 35.7 Å². The van der Waals surface area contributed by atoms with Crippen LogP contribution in [0.5, 0.6) is 0 Å². The number of hydrogen-bond acceptors (Lipinski definition) is 3. The molecule has 0 aromatic heterocycles. The summed E-state index contributed by atoms with van der Waals surface area (Å²) in [5.41, 5.74) is 0.195. The van der Waals surface area contributed by atoms with Crippen molar-refractivity contribution in [1.82, 2.24) is 10.6 Å². The lowest BCUT2D eigenvalue weighted by atomic mass is 9.74. The third-order valence-electron chi connectivity index (χ3n) is 5.08. The second-order valence-electron chi connectivity index (χ2n) is 6.67. The summed E-state index contributed by atoms with van der Waals surface area (Å²) in [6, 6.07) is 15.5. The Morgan fingerprint density at radius 2 is 1.93 bits per heavy atom. The van der Waals surface area contributed by atoms with E-state index in [1.165, 1.54) is 6.07 Å². The molecule has 0 unspecified atom stereocenters. The first kappa shape index (κ1) is 19.5. The Hall–Kier alpha value is -2.31. The minimum Gasteiger partial charge on any atom is -0.379 e. The average molecular weight is 386 g/mol. The smallest absolute Gasteiger partial charge is 0.257 e. The van der Waals surface area contributed by atoms with E-state index in [4.69, 9.17) is 17.0 Å². The van der Waals surface area contributed by atoms with Crippen LogP contribution in [-0.2, 0) is 10.3 Å². The van der Waals surface area contributed by atoms with E-state index in [-0.39, 0.29) is 29.4 Å². The highest BCUT2D eigenvalue weighted by atomic mass is 32.1. The molecule has 2 aromatic carbocycles. The summed E-state index contributed by atoms with van der Waals surface area (Å²) in [6.45, 7) is 2.98. The number of hydrogen-bond donors (Lipinski definition) is 2. The average Bonchev–Trinajstić information content (AvgIpc) is 2.69. The zero-order chi connectivity index (χ0) is 19.3. The molecule has 3 rings (SSSR count). The fourth-order valence-corrected chi connectivity index (χ4v) is 3.98. The summed E-state index contributed by atoms with van der Waals surface area (Å²) < 4.78 is 20.4. The van der Waals surface area contributed by atoms with Gasteiger partial charge in [-0.05, 0) is 42.8 Å². The molecular weight excluding hydrogens is 363 g/mol. The summed E-state index contributed by atoms with van der Waals surface area (Å²) >= 11 is 5.41. The number of nitrogens with one attached hydrogen (secondary N) is 2. The lowest BCUT2D eigenvalue weighted by Gasteiger charge is -2.45. The highest BCUT2D eigenvalue weighted by molar-refractivity contribution is 7.80. The summed E-state index contributed by atoms with van der Waals surface area (Å²) in [5, 5.41) is 6.09. The molecule has 0 bridgehead atoms. The Kier molecular flexibility index (Phi) is 6.19. The van der Waals surface area contributed by atoms with Crippen molar-refractivity contribution in [1.29, 1.82) is 0 Å². The quantitative estimate of drug-likeness (QED) is 0.786. The fourth-order valence-electron chi connectivity index (χ4n) is 3.70. The van der Waals surface area contributed by atoms with E-state index in [9.17, 15) is 9.18 Å². The second kappa shape index (κ2) is 8.59. The van der Waals surface area contributed by atoms with E-state index >= 15 is 0 Å². The van der Waals surface area contributed by atoms with Crippen LogP contribution < -0.4 is 10.6 Å². The first-order chi connectivity index (χ1) is 13.1. The molecule has 27 heavy (non-hydrogen) atoms. The molecule has 2 atom stereocenters. The van der Waals surface area contributed by atoms with Gasteiger partial charge in [0.2, 0.25) is 0 Å². The van der Waals surface area contributed by atoms with Crippen molar-refractivity contribution in [3.63, 3.8) is 0 Å². The van der Waals surface area contributed by atoms with Crippen LogP contribution in [0.15, 0.2) is 54.6 Å². The Labute approximate surface area is 164 Å². The van der Waals surface area contributed by atoms with Crippen LogP contribution in [0, 0.1) is 11.7 Å². The normalized spacial score (nSPS) is 22.1. The van der Waals surface area contributed by atoms with E-state index < -0.39 is 5.54 Å². The Morgan fingerprint density at radius 1 is 1.22 bits per heavy atom. The van der Waals surface area contributed by atoms with Crippen LogP contribution in [0.25, 0.3) is 0 Å². The zero-order valence-electron chi connectivity index (χ0n) is 15.2. The SMILES string of the molecule is CC[C@@H]1CCOC[C@@]1(NC(=S)NC(=O)c1ccccc1)c1ccccc1F. The number of halogens is 1. The van der Waals surface area contributed by atoms with Crippen molar-refractivity contribution in [3.8, 4) is 0 Å². The van der Waals surface area contributed by atoms with E-state index in [1.54, 1.807) is 42.5 Å². The molecule has 0 spiro atoms. The van der Waals surface area contributed by atoms with Gasteiger partial charge in [0, 0.05) is 17.7 Å². The van der Waals surface area contributed by atoms with Crippen LogP contribution >= 0.6 is 12.2 Å². The first-order valence-corrected chi connectivity index (χ1v) is 9.49. The van der Waals surface area contributed by atoms with Crippen molar-refractivity contribution in [3.05, 3.63) is 71.5 Å². The van der Waals surface area contributed by atoms with Gasteiger partial charge in [-0.25, -0.2) is 4.39 Å². The molecule has 2 N–H and O–H groups in total. The number of carbonyl (C=O) groups is 1. The van der Waals surface area contributed by atoms with Gasteiger partial charge in [0.15, 0.2) is 5.11 Å². The van der Waals surface area contributed by atoms with Gasteiger partial charge in [0.25, 0.3) is 5.91 Å². The zero-order valence-corrected chi connectivity index (χ0v) is 16.0. The Bertz CT molecular complexity index is 815. The van der Waals surface area contributed by atoms with Crippen molar-refractivity contribution in [2.24, 2.45) is 5.92 Å². The van der Waals surface area contributed by atoms with Gasteiger partial charge >= 0.3 is 0 Å². The third kappa shape index (κ3) is 4.17. The molecule has 0 radical (unpaired) electrons. The highest BCUT2D eigenvalue weighted by Crippen LogP contribution is 2.38. The standard InChI is InChI=1S/C21H23FN2O2S/c1-2-16-12-13-26-14-21(16,17-10-6-7-11-18(17)22)24-20(27)23-19(25)15-8-4-3-5-9-15/h3-11,16H,2,12-14H2,1H3,(H2,23,24,25,27)/t16-,21+/m1/s1. The summed E-state index contributed by atoms with van der Waals surface area (Å²) in [5.74, 6) is -0.498. The molecule has 1 fully saturated rings. The number of carbonyl (C=O) groups excluding carboxylic acids is 1. The largest absolute Gasteiger partial charge is 0.379 e. The van der Waals surface area contributed by atoms with E-state index in [0.29, 0.717) is 17.7 Å². The number of ether oxygens (including phenoxy) is 1. The highest BCUT2D eigenvalue weighted by Gasteiger charge is 2.44. The van der Waals surface area contributed by atoms with Gasteiger partial charge < -0.3 is 10.1 Å². The van der Waals surface area contributed by atoms with Gasteiger partial charge in [-0.1, -0.05) is 49.7 Å². The van der Waals surface area contributed by atoms with E-state index in [2.05, 4.69) is 17.6 Å². The summed E-state index contributed by atoms with van der Waals surface area (Å²) in [7, 11) is 0. The molecule has 6 heteroatoms. The maximum Gasteiger partial charge on any atom is 0.257 e. The van der Waals surface area contributed by atoms with Crippen LogP contribution in [0.2, 0.25) is 0 Å². The van der Waals surface area contributed by atoms with Gasteiger partial charge in [0.1, 0.15) is 5.82 Å². The molecule has 0 saturated carbocycles. The molecule has 1 heterocycles. The molecule has 4 nitrogen and oxygen atoms in total. The van der Waals surface area contributed by atoms with Crippen molar-refractivity contribution in [2.45, 2.75) is 25.3 Å². The van der Waals surface area contributed by atoms with E-state index in [0.717, 1.165) is 12.8 Å². The predicted octanol–water partition coefficient (Wildman–Crippen LogP) is 3.77. The molecular formula is C21H23FN2O2S. The molecule has 0 aliphatic carbocycles. The number of thiocarbonyl (C=S) groups is 1. The van der Waals surface area contributed by atoms with Crippen LogP contribution in [0.4, 0.5) is 4.39 Å². The van der Waals surface area contributed by atoms with Crippen LogP contribution in [-0.4, -0.2) is 24.2 Å². The van der Waals surface area contributed by atoms with Gasteiger partial charge in [-0.3, -0.25) is 10.1 Å². The Balaban J connectivity index is 1.87. The fraction of sp³-hybridized carbons (Fsp3) is 0.333. The lowest BCUT2D eigenvalue weighted by Crippen LogP contribution is -2.59. The monoisotopic (exact) mass is 386 g/mol. The van der Waals surface area contributed by atoms with Crippen LogP contribution in [0.3, 0.4) is 0 Å². The van der Waals surface area contributed by atoms with E-state index in [1.807, 2.05) is 6.07 Å². The molecule has 1 aliphatic rings. The maximum atomic E-state index is 14.7. The minimum atomic E-state index is -0.820. The second-order valence-corrected chi connectivity index (χ2v) is 7.08. The predicted molar refractivity (Wildman–Crippen MR) is 107 cm³/mol. The number of amides is 1. The van der Waals surface area contributed by atoms with Crippen molar-refractivity contribution in [2.75, 3.05) is 13.2 Å². The lowest BCUT2D eigenvalue weighted by molar-refractivity contribution is -0.0171. The van der Waals surface area contributed by atoms with Gasteiger partial charge in [-0.15, -0.1) is 0 Å². The minimum absolute atomic E-state index is 0.120. The number of benzene rings is 2. The molecule has 142 valence electrons. The third-order valence-corrected chi connectivity index (χ3v) is 5.29. The molecule has 1 aliphatic heterocycles. The maximum absolute atomic E-state index is 14.7. The number of rotatable bonds is 4. The summed E-state index contributed by atoms with van der Waals surface area (Å²) in [6.07, 6.45) is 1.62. The first-order valence-electron chi connectivity index (χ1n) is 9.08. The Morgan fingerprint density at radius 3 is 2.63 bits per heavy atom. The van der Waals surface area contributed by atoms with Crippen molar-refractivity contribution < 1.29 is 13.9 Å². The van der Waals surface area contributed by atoms with Gasteiger partial charge in [-0.2, -0.15) is 0 Å². The summed E-state index contributed by atoms with van der Waals surface area (Å²) in [4.78, 5) is 12.4.